The van der Waals surface area contributed by atoms with E-state index in [4.69, 9.17) is 5.73 Å². The molecule has 1 aromatic heterocycles. The lowest BCUT2D eigenvalue weighted by Gasteiger charge is -2.08. The number of anilines is 1. The van der Waals surface area contributed by atoms with Gasteiger partial charge in [0.25, 0.3) is 5.91 Å². The number of rotatable bonds is 2. The predicted molar refractivity (Wildman–Crippen MR) is 56.1 cm³/mol. The summed E-state index contributed by atoms with van der Waals surface area (Å²) in [5, 5.41) is 2.53. The van der Waals surface area contributed by atoms with Crippen molar-refractivity contribution < 1.29 is 4.79 Å². The number of carbonyl (C=O) groups excluding carboxylic acids is 1. The number of nitrogens with one attached hydrogen (secondary N) is 1. The first-order chi connectivity index (χ1) is 6.56. The van der Waals surface area contributed by atoms with Crippen molar-refractivity contribution >= 4 is 11.7 Å². The Morgan fingerprint density at radius 1 is 1.57 bits per heavy atom. The van der Waals surface area contributed by atoms with Gasteiger partial charge in [-0.05, 0) is 17.5 Å². The van der Waals surface area contributed by atoms with E-state index in [9.17, 15) is 4.79 Å². The maximum absolute atomic E-state index is 11.4. The number of amides is 1. The van der Waals surface area contributed by atoms with Crippen LogP contribution in [0.4, 0.5) is 5.82 Å². The Labute approximate surface area is 83.5 Å². The molecular weight excluding hydrogens is 178 g/mol. The number of hydrogen-bond donors (Lipinski definition) is 2. The van der Waals surface area contributed by atoms with Crippen LogP contribution in [0.25, 0.3) is 0 Å². The lowest BCUT2D eigenvalue weighted by Crippen LogP contribution is -2.20. The summed E-state index contributed by atoms with van der Waals surface area (Å²) in [5.41, 5.74) is 7.05. The number of carbonyl (C=O) groups is 1. The molecule has 0 atom stereocenters. The van der Waals surface area contributed by atoms with E-state index >= 15 is 0 Å². The van der Waals surface area contributed by atoms with Crippen molar-refractivity contribution in [2.45, 2.75) is 19.8 Å². The first-order valence-electron chi connectivity index (χ1n) is 4.53. The highest BCUT2D eigenvalue weighted by Gasteiger charge is 2.11. The van der Waals surface area contributed by atoms with E-state index in [2.05, 4.69) is 10.3 Å². The molecule has 0 saturated carbocycles. The van der Waals surface area contributed by atoms with Crippen LogP contribution < -0.4 is 11.1 Å². The first-order valence-corrected chi connectivity index (χ1v) is 4.53. The minimum absolute atomic E-state index is 0.197. The summed E-state index contributed by atoms with van der Waals surface area (Å²) in [5.74, 6) is 0.415. The Balaban J connectivity index is 3.15. The third kappa shape index (κ3) is 2.02. The Kier molecular flexibility index (Phi) is 3.06. The van der Waals surface area contributed by atoms with Gasteiger partial charge in [0.05, 0.1) is 5.56 Å². The molecule has 4 nitrogen and oxygen atoms in total. The molecule has 0 aromatic carbocycles. The summed E-state index contributed by atoms with van der Waals surface area (Å²) in [6, 6.07) is 1.78. The highest BCUT2D eigenvalue weighted by molar-refractivity contribution is 5.98. The van der Waals surface area contributed by atoms with Gasteiger partial charge in [-0.3, -0.25) is 4.79 Å². The Hall–Kier alpha value is -1.58. The molecule has 0 aliphatic heterocycles. The van der Waals surface area contributed by atoms with Gasteiger partial charge in [-0.1, -0.05) is 13.8 Å². The van der Waals surface area contributed by atoms with Crippen LogP contribution in [0.15, 0.2) is 12.3 Å². The molecule has 1 rings (SSSR count). The maximum Gasteiger partial charge on any atom is 0.254 e. The number of pyridine rings is 1. The van der Waals surface area contributed by atoms with E-state index in [1.165, 1.54) is 0 Å². The van der Waals surface area contributed by atoms with Gasteiger partial charge in [0.1, 0.15) is 5.82 Å². The fraction of sp³-hybridized carbons (Fsp3) is 0.400. The van der Waals surface area contributed by atoms with Crippen LogP contribution in [0.5, 0.6) is 0 Å². The molecule has 0 spiro atoms. The summed E-state index contributed by atoms with van der Waals surface area (Å²) in [7, 11) is 1.57. The number of nitrogens with two attached hydrogens (primary N) is 1. The molecule has 1 aromatic rings. The van der Waals surface area contributed by atoms with Crippen LogP contribution >= 0.6 is 0 Å². The molecule has 0 radical (unpaired) electrons. The molecule has 76 valence electrons. The number of nitrogen functional groups attached to an aromatic ring is 1. The van der Waals surface area contributed by atoms with Crippen LogP contribution in [0, 0.1) is 0 Å². The van der Waals surface area contributed by atoms with Crippen molar-refractivity contribution in [3.63, 3.8) is 0 Å². The van der Waals surface area contributed by atoms with Crippen molar-refractivity contribution in [1.82, 2.24) is 10.3 Å². The highest BCUT2D eigenvalue weighted by atomic mass is 16.1. The first kappa shape index (κ1) is 10.5. The monoisotopic (exact) mass is 193 g/mol. The van der Waals surface area contributed by atoms with E-state index in [0.29, 0.717) is 11.5 Å². The quantitative estimate of drug-likeness (QED) is 0.740. The topological polar surface area (TPSA) is 68.0 Å². The summed E-state index contributed by atoms with van der Waals surface area (Å²) < 4.78 is 0. The Morgan fingerprint density at radius 3 is 2.71 bits per heavy atom. The fourth-order valence-electron chi connectivity index (χ4n) is 1.12. The fourth-order valence-corrected chi connectivity index (χ4v) is 1.12. The molecule has 3 N–H and O–H groups in total. The van der Waals surface area contributed by atoms with E-state index in [1.54, 1.807) is 19.3 Å². The molecule has 0 unspecified atom stereocenters. The molecule has 1 amide bonds. The number of aromatic nitrogens is 1. The zero-order valence-electron chi connectivity index (χ0n) is 8.66. The van der Waals surface area contributed by atoms with Crippen LogP contribution in [0.3, 0.4) is 0 Å². The van der Waals surface area contributed by atoms with Crippen LogP contribution in [0.2, 0.25) is 0 Å². The lowest BCUT2D eigenvalue weighted by molar-refractivity contribution is 0.0963. The standard InChI is InChI=1S/C10H15N3O/c1-6(2)7-4-8(10(14)12-3)9(11)13-5-7/h4-6H,1-3H3,(H2,11,13)(H,12,14). The molecule has 0 aliphatic carbocycles. The van der Waals surface area contributed by atoms with E-state index < -0.39 is 0 Å². The Morgan fingerprint density at radius 2 is 2.21 bits per heavy atom. The third-order valence-corrected chi connectivity index (χ3v) is 2.08. The second-order valence-corrected chi connectivity index (χ2v) is 3.44. The second-order valence-electron chi connectivity index (χ2n) is 3.44. The maximum atomic E-state index is 11.4. The van der Waals surface area contributed by atoms with Crippen LogP contribution in [0.1, 0.15) is 35.7 Å². The van der Waals surface area contributed by atoms with Crippen molar-refractivity contribution in [3.05, 3.63) is 23.4 Å². The van der Waals surface area contributed by atoms with Gasteiger partial charge in [-0.2, -0.15) is 0 Å². The van der Waals surface area contributed by atoms with Gasteiger partial charge in [-0.15, -0.1) is 0 Å². The summed E-state index contributed by atoms with van der Waals surface area (Å²) in [6.07, 6.45) is 1.70. The minimum Gasteiger partial charge on any atom is -0.383 e. The van der Waals surface area contributed by atoms with E-state index in [0.717, 1.165) is 5.56 Å². The SMILES string of the molecule is CNC(=O)c1cc(C(C)C)cnc1N. The van der Waals surface area contributed by atoms with Gasteiger partial charge >= 0.3 is 0 Å². The molecule has 0 fully saturated rings. The van der Waals surface area contributed by atoms with Gasteiger partial charge in [0.2, 0.25) is 0 Å². The molecule has 4 heteroatoms. The van der Waals surface area contributed by atoms with Crippen molar-refractivity contribution in [3.8, 4) is 0 Å². The molecule has 14 heavy (non-hydrogen) atoms. The van der Waals surface area contributed by atoms with E-state index in [-0.39, 0.29) is 11.7 Å². The summed E-state index contributed by atoms with van der Waals surface area (Å²) in [6.45, 7) is 4.08. The predicted octanol–water partition coefficient (Wildman–Crippen LogP) is 1.15. The third-order valence-electron chi connectivity index (χ3n) is 2.08. The molecule has 0 saturated heterocycles. The Bertz CT molecular complexity index is 347. The van der Waals surface area contributed by atoms with Gasteiger partial charge < -0.3 is 11.1 Å². The lowest BCUT2D eigenvalue weighted by atomic mass is 10.0. The number of nitrogens with zero attached hydrogens (tertiary/aromatic N) is 1. The molecule has 0 aliphatic rings. The van der Waals surface area contributed by atoms with Crippen LogP contribution in [-0.2, 0) is 0 Å². The van der Waals surface area contributed by atoms with Crippen molar-refractivity contribution in [1.29, 1.82) is 0 Å². The van der Waals surface area contributed by atoms with Gasteiger partial charge in [-0.25, -0.2) is 4.98 Å². The minimum atomic E-state index is -0.197. The average Bonchev–Trinajstić information content (AvgIpc) is 2.17. The van der Waals surface area contributed by atoms with E-state index in [1.807, 2.05) is 13.8 Å². The zero-order valence-corrected chi connectivity index (χ0v) is 8.66. The molecule has 0 bridgehead atoms. The smallest absolute Gasteiger partial charge is 0.254 e. The normalized spacial score (nSPS) is 10.3. The highest BCUT2D eigenvalue weighted by Crippen LogP contribution is 2.17. The molecule has 1 heterocycles. The average molecular weight is 193 g/mol. The largest absolute Gasteiger partial charge is 0.383 e. The second kappa shape index (κ2) is 4.09. The van der Waals surface area contributed by atoms with Crippen molar-refractivity contribution in [2.24, 2.45) is 0 Å². The van der Waals surface area contributed by atoms with Crippen molar-refractivity contribution in [2.75, 3.05) is 12.8 Å². The number of hydrogen-bond acceptors (Lipinski definition) is 3. The molecular formula is C10H15N3O. The zero-order chi connectivity index (χ0) is 10.7. The van der Waals surface area contributed by atoms with Gasteiger partial charge in [0, 0.05) is 13.2 Å². The summed E-state index contributed by atoms with van der Waals surface area (Å²) >= 11 is 0. The summed E-state index contributed by atoms with van der Waals surface area (Å²) in [4.78, 5) is 15.4. The van der Waals surface area contributed by atoms with Crippen LogP contribution in [-0.4, -0.2) is 17.9 Å². The van der Waals surface area contributed by atoms with Gasteiger partial charge in [0.15, 0.2) is 0 Å².